The Morgan fingerprint density at radius 3 is 2.79 bits per heavy atom. The van der Waals surface area contributed by atoms with Crippen LogP contribution in [0.15, 0.2) is 32.2 Å². The minimum Gasteiger partial charge on any atom is -0.372 e. The molecule has 0 amide bonds. The molecule has 0 unspecified atom stereocenters. The summed E-state index contributed by atoms with van der Waals surface area (Å²) in [6, 6.07) is 4.70. The van der Waals surface area contributed by atoms with E-state index in [1.165, 1.54) is 17.7 Å². The summed E-state index contributed by atoms with van der Waals surface area (Å²) in [6.07, 6.45) is 0. The van der Waals surface area contributed by atoms with Crippen LogP contribution in [0.2, 0.25) is 5.02 Å². The fraction of sp³-hybridized carbons (Fsp3) is 0.111. The van der Waals surface area contributed by atoms with Gasteiger partial charge in [0.05, 0.1) is 10.9 Å². The van der Waals surface area contributed by atoms with Gasteiger partial charge in [-0.25, -0.2) is 9.59 Å². The van der Waals surface area contributed by atoms with E-state index < -0.39 is 11.4 Å². The molecule has 0 bridgehead atoms. The van der Waals surface area contributed by atoms with Crippen molar-refractivity contribution >= 4 is 22.5 Å². The van der Waals surface area contributed by atoms with Crippen molar-refractivity contribution in [1.29, 1.82) is 0 Å². The number of benzene rings is 1. The van der Waals surface area contributed by atoms with E-state index in [0.29, 0.717) is 15.9 Å². The quantitative estimate of drug-likeness (QED) is 0.657. The topological polar surface area (TPSA) is 52.2 Å². The third kappa shape index (κ3) is 1.24. The van der Waals surface area contributed by atoms with Crippen LogP contribution >= 0.6 is 11.6 Å². The van der Waals surface area contributed by atoms with Crippen LogP contribution < -0.4 is 11.4 Å². The van der Waals surface area contributed by atoms with Crippen molar-refractivity contribution in [2.45, 2.75) is 0 Å². The van der Waals surface area contributed by atoms with Gasteiger partial charge in [-0.15, -0.1) is 0 Å². The van der Waals surface area contributed by atoms with Crippen molar-refractivity contribution in [2.75, 3.05) is 0 Å². The Morgan fingerprint density at radius 2 is 2.07 bits per heavy atom. The van der Waals surface area contributed by atoms with E-state index in [1.807, 2.05) is 0 Å². The number of rotatable bonds is 0. The van der Waals surface area contributed by atoms with Gasteiger partial charge in [0.25, 0.3) is 0 Å². The summed E-state index contributed by atoms with van der Waals surface area (Å²) in [4.78, 5) is 22.4. The van der Waals surface area contributed by atoms with Crippen LogP contribution in [0.5, 0.6) is 0 Å². The molecule has 0 saturated carbocycles. The van der Waals surface area contributed by atoms with Gasteiger partial charge in [-0.05, 0) is 18.2 Å². The Morgan fingerprint density at radius 1 is 1.36 bits per heavy atom. The Bertz CT molecular complexity index is 611. The minimum atomic E-state index is -0.676. The van der Waals surface area contributed by atoms with Gasteiger partial charge in [0.1, 0.15) is 0 Å². The van der Waals surface area contributed by atoms with Gasteiger partial charge in [0.2, 0.25) is 0 Å². The largest absolute Gasteiger partial charge is 0.422 e. The first-order valence-electron chi connectivity index (χ1n) is 3.89. The molecule has 5 heteroatoms. The summed E-state index contributed by atoms with van der Waals surface area (Å²) in [5.74, 6) is -0.676. The lowest BCUT2D eigenvalue weighted by atomic mass is 10.2. The van der Waals surface area contributed by atoms with Crippen molar-refractivity contribution in [2.24, 2.45) is 7.05 Å². The first-order valence-corrected chi connectivity index (χ1v) is 4.27. The van der Waals surface area contributed by atoms with E-state index in [9.17, 15) is 9.59 Å². The van der Waals surface area contributed by atoms with Gasteiger partial charge < -0.3 is 4.42 Å². The van der Waals surface area contributed by atoms with Gasteiger partial charge in [-0.3, -0.25) is 4.57 Å². The molecule has 4 nitrogen and oxygen atoms in total. The number of fused-ring (bicyclic) bond motifs is 1. The van der Waals surface area contributed by atoms with Gasteiger partial charge in [-0.1, -0.05) is 11.6 Å². The van der Waals surface area contributed by atoms with Crippen LogP contribution in [0, 0.1) is 0 Å². The van der Waals surface area contributed by atoms with E-state index in [0.717, 1.165) is 0 Å². The Balaban J connectivity index is 3.10. The summed E-state index contributed by atoms with van der Waals surface area (Å²) < 4.78 is 5.73. The van der Waals surface area contributed by atoms with E-state index >= 15 is 0 Å². The molecule has 0 aliphatic rings. The van der Waals surface area contributed by atoms with Crippen molar-refractivity contribution in [3.05, 3.63) is 44.2 Å². The van der Waals surface area contributed by atoms with Gasteiger partial charge in [0, 0.05) is 12.1 Å². The first-order chi connectivity index (χ1) is 6.59. The molecule has 2 rings (SSSR count). The van der Waals surface area contributed by atoms with E-state index in [-0.39, 0.29) is 0 Å². The van der Waals surface area contributed by atoms with Crippen molar-refractivity contribution in [3.8, 4) is 0 Å². The third-order valence-corrected chi connectivity index (χ3v) is 2.23. The number of nitrogens with zero attached hydrogens (tertiary/aromatic N) is 1. The normalized spacial score (nSPS) is 10.7. The SMILES string of the molecule is Cn1c(=O)oc(=O)c2cc(Cl)ccc21. The van der Waals surface area contributed by atoms with Crippen LogP contribution in [0.25, 0.3) is 10.9 Å². The highest BCUT2D eigenvalue weighted by Crippen LogP contribution is 2.14. The molecule has 1 aromatic heterocycles. The molecular formula is C9H6ClNO3. The molecule has 14 heavy (non-hydrogen) atoms. The maximum Gasteiger partial charge on any atom is 0.422 e. The first kappa shape index (κ1) is 9.02. The predicted octanol–water partition coefficient (Wildman–Crippen LogP) is 1.15. The molecule has 1 aromatic carbocycles. The average molecular weight is 212 g/mol. The summed E-state index contributed by atoms with van der Waals surface area (Å²) in [5, 5.41) is 0.739. The standard InChI is InChI=1S/C9H6ClNO3/c1-11-7-3-2-5(10)4-6(7)8(12)14-9(11)13/h2-4H,1H3. The monoisotopic (exact) mass is 211 g/mol. The van der Waals surface area contributed by atoms with Gasteiger partial charge >= 0.3 is 11.4 Å². The van der Waals surface area contributed by atoms with E-state index in [4.69, 9.17) is 11.6 Å². The van der Waals surface area contributed by atoms with Gasteiger partial charge in [-0.2, -0.15) is 0 Å². The summed E-state index contributed by atoms with van der Waals surface area (Å²) in [5.41, 5.74) is -0.152. The highest BCUT2D eigenvalue weighted by molar-refractivity contribution is 6.31. The second kappa shape index (κ2) is 2.99. The fourth-order valence-electron chi connectivity index (χ4n) is 1.27. The highest BCUT2D eigenvalue weighted by Gasteiger charge is 2.06. The molecule has 0 N–H and O–H groups in total. The second-order valence-corrected chi connectivity index (χ2v) is 3.31. The zero-order valence-electron chi connectivity index (χ0n) is 7.28. The summed E-state index contributed by atoms with van der Waals surface area (Å²) in [7, 11) is 1.53. The molecule has 0 atom stereocenters. The highest BCUT2D eigenvalue weighted by atomic mass is 35.5. The molecule has 0 saturated heterocycles. The molecule has 2 aromatic rings. The number of halogens is 1. The summed E-state index contributed by atoms with van der Waals surface area (Å²) >= 11 is 5.71. The Hall–Kier alpha value is -1.55. The van der Waals surface area contributed by atoms with Gasteiger partial charge in [0.15, 0.2) is 0 Å². The molecule has 1 heterocycles. The van der Waals surface area contributed by atoms with E-state index in [1.54, 1.807) is 12.1 Å². The van der Waals surface area contributed by atoms with Crippen molar-refractivity contribution in [3.63, 3.8) is 0 Å². The number of aromatic nitrogens is 1. The van der Waals surface area contributed by atoms with Crippen LogP contribution in [0.3, 0.4) is 0 Å². The van der Waals surface area contributed by atoms with Crippen molar-refractivity contribution < 1.29 is 4.42 Å². The molecule has 0 fully saturated rings. The number of aryl methyl sites for hydroxylation is 1. The molecule has 0 radical (unpaired) electrons. The molecule has 72 valence electrons. The fourth-order valence-corrected chi connectivity index (χ4v) is 1.44. The third-order valence-electron chi connectivity index (χ3n) is 1.99. The Labute approximate surface area is 83.3 Å². The number of hydrogen-bond acceptors (Lipinski definition) is 3. The molecule has 0 aliphatic carbocycles. The second-order valence-electron chi connectivity index (χ2n) is 2.88. The van der Waals surface area contributed by atoms with Crippen LogP contribution in [-0.2, 0) is 7.05 Å². The number of hydrogen-bond donors (Lipinski definition) is 0. The molecule has 0 spiro atoms. The zero-order chi connectivity index (χ0) is 10.3. The molecule has 0 aliphatic heterocycles. The molecular weight excluding hydrogens is 206 g/mol. The lowest BCUT2D eigenvalue weighted by Gasteiger charge is -2.01. The lowest BCUT2D eigenvalue weighted by Crippen LogP contribution is -2.22. The smallest absolute Gasteiger partial charge is 0.372 e. The maximum atomic E-state index is 11.3. The van der Waals surface area contributed by atoms with Crippen LogP contribution in [0.1, 0.15) is 0 Å². The maximum absolute atomic E-state index is 11.3. The average Bonchev–Trinajstić information content (AvgIpc) is 2.14. The predicted molar refractivity (Wildman–Crippen MR) is 52.7 cm³/mol. The summed E-state index contributed by atoms with van der Waals surface area (Å²) in [6.45, 7) is 0. The van der Waals surface area contributed by atoms with Crippen molar-refractivity contribution in [1.82, 2.24) is 4.57 Å². The minimum absolute atomic E-state index is 0.305. The lowest BCUT2D eigenvalue weighted by molar-refractivity contribution is 0.433. The van der Waals surface area contributed by atoms with E-state index in [2.05, 4.69) is 4.42 Å². The zero-order valence-corrected chi connectivity index (χ0v) is 8.04. The Kier molecular flexibility index (Phi) is 1.93. The van der Waals surface area contributed by atoms with Crippen LogP contribution in [0.4, 0.5) is 0 Å². The van der Waals surface area contributed by atoms with Crippen LogP contribution in [-0.4, -0.2) is 4.57 Å².